The Balaban J connectivity index is 2.00. The molecular weight excluding hydrogens is 311 g/mol. The highest BCUT2D eigenvalue weighted by atomic mass is 19.1. The lowest BCUT2D eigenvalue weighted by Gasteiger charge is -2.13. The standard InChI is InChI=1S/C18H13FN2O3/c19-15-8-6-14(7-9-15)17-2-1-3-18(22)20(17)12-13-4-10-16(11-5-13)21(23)24/h1-11H,12H2. The summed E-state index contributed by atoms with van der Waals surface area (Å²) in [6.45, 7) is 0.268. The van der Waals surface area contributed by atoms with Crippen LogP contribution in [0.15, 0.2) is 71.5 Å². The van der Waals surface area contributed by atoms with Gasteiger partial charge in [0, 0.05) is 18.2 Å². The summed E-state index contributed by atoms with van der Waals surface area (Å²) in [5.74, 6) is -0.348. The van der Waals surface area contributed by atoms with Gasteiger partial charge in [-0.25, -0.2) is 4.39 Å². The number of pyridine rings is 1. The molecule has 5 nitrogen and oxygen atoms in total. The van der Waals surface area contributed by atoms with Crippen molar-refractivity contribution in [1.29, 1.82) is 0 Å². The first-order valence-electron chi connectivity index (χ1n) is 7.24. The number of nitro benzene ring substituents is 1. The normalized spacial score (nSPS) is 10.5. The molecule has 0 saturated heterocycles. The lowest BCUT2D eigenvalue weighted by molar-refractivity contribution is -0.384. The first-order valence-corrected chi connectivity index (χ1v) is 7.24. The predicted molar refractivity (Wildman–Crippen MR) is 88.3 cm³/mol. The van der Waals surface area contributed by atoms with E-state index in [1.807, 2.05) is 0 Å². The zero-order valence-electron chi connectivity index (χ0n) is 12.6. The van der Waals surface area contributed by atoms with Gasteiger partial charge in [0.05, 0.1) is 17.2 Å². The van der Waals surface area contributed by atoms with Gasteiger partial charge >= 0.3 is 0 Å². The number of non-ortho nitro benzene ring substituents is 1. The topological polar surface area (TPSA) is 65.1 Å². The van der Waals surface area contributed by atoms with Gasteiger partial charge in [0.1, 0.15) is 5.82 Å². The third kappa shape index (κ3) is 3.22. The van der Waals surface area contributed by atoms with Crippen molar-refractivity contribution >= 4 is 5.69 Å². The molecule has 0 atom stereocenters. The molecule has 120 valence electrons. The maximum absolute atomic E-state index is 13.1. The van der Waals surface area contributed by atoms with E-state index in [1.54, 1.807) is 41.0 Å². The quantitative estimate of drug-likeness (QED) is 0.544. The van der Waals surface area contributed by atoms with Crippen LogP contribution in [-0.4, -0.2) is 9.49 Å². The number of halogens is 1. The smallest absolute Gasteiger partial charge is 0.269 e. The van der Waals surface area contributed by atoms with E-state index in [0.717, 1.165) is 11.1 Å². The number of aromatic nitrogens is 1. The summed E-state index contributed by atoms with van der Waals surface area (Å²) >= 11 is 0. The summed E-state index contributed by atoms with van der Waals surface area (Å²) in [6.07, 6.45) is 0. The second-order valence-electron chi connectivity index (χ2n) is 5.27. The third-order valence-electron chi connectivity index (χ3n) is 3.68. The minimum atomic E-state index is -0.470. The molecule has 2 aromatic carbocycles. The summed E-state index contributed by atoms with van der Waals surface area (Å²) in [5.41, 5.74) is 1.93. The van der Waals surface area contributed by atoms with Gasteiger partial charge in [0.2, 0.25) is 0 Å². The van der Waals surface area contributed by atoms with Gasteiger partial charge in [-0.15, -0.1) is 0 Å². The molecule has 6 heteroatoms. The summed E-state index contributed by atoms with van der Waals surface area (Å²) in [6, 6.07) is 16.8. The highest BCUT2D eigenvalue weighted by Gasteiger charge is 2.09. The second kappa shape index (κ2) is 6.45. The lowest BCUT2D eigenvalue weighted by atomic mass is 10.1. The maximum atomic E-state index is 13.1. The van der Waals surface area contributed by atoms with Crippen molar-refractivity contribution in [2.75, 3.05) is 0 Å². The van der Waals surface area contributed by atoms with Gasteiger partial charge in [-0.1, -0.05) is 18.2 Å². The van der Waals surface area contributed by atoms with Crippen molar-refractivity contribution < 1.29 is 9.31 Å². The Bertz CT molecular complexity index is 932. The fourth-order valence-corrected chi connectivity index (χ4v) is 2.46. The molecule has 0 saturated carbocycles. The molecular formula is C18H13FN2O3. The van der Waals surface area contributed by atoms with Crippen LogP contribution < -0.4 is 5.56 Å². The van der Waals surface area contributed by atoms with Crippen LogP contribution in [0.4, 0.5) is 10.1 Å². The van der Waals surface area contributed by atoms with Crippen molar-refractivity contribution in [2.24, 2.45) is 0 Å². The largest absolute Gasteiger partial charge is 0.304 e. The van der Waals surface area contributed by atoms with E-state index in [1.165, 1.54) is 30.3 Å². The fraction of sp³-hybridized carbons (Fsp3) is 0.0556. The van der Waals surface area contributed by atoms with Crippen LogP contribution in [0.3, 0.4) is 0 Å². The molecule has 0 aliphatic rings. The molecule has 1 heterocycles. The van der Waals surface area contributed by atoms with Gasteiger partial charge in [-0.05, 0) is 41.5 Å². The van der Waals surface area contributed by atoms with Gasteiger partial charge in [0.15, 0.2) is 0 Å². The summed E-state index contributed by atoms with van der Waals surface area (Å²) < 4.78 is 14.7. The first kappa shape index (κ1) is 15.6. The molecule has 0 fully saturated rings. The average molecular weight is 324 g/mol. The zero-order chi connectivity index (χ0) is 17.1. The Morgan fingerprint density at radius 3 is 2.25 bits per heavy atom. The van der Waals surface area contributed by atoms with Gasteiger partial charge in [-0.3, -0.25) is 14.9 Å². The third-order valence-corrected chi connectivity index (χ3v) is 3.68. The number of hydrogen-bond donors (Lipinski definition) is 0. The van der Waals surface area contributed by atoms with E-state index in [0.29, 0.717) is 5.69 Å². The molecule has 0 aliphatic heterocycles. The van der Waals surface area contributed by atoms with Crippen LogP contribution in [0.25, 0.3) is 11.3 Å². The molecule has 0 amide bonds. The molecule has 3 aromatic rings. The van der Waals surface area contributed by atoms with E-state index >= 15 is 0 Å². The van der Waals surface area contributed by atoms with Gasteiger partial charge in [0.25, 0.3) is 11.2 Å². The highest BCUT2D eigenvalue weighted by Crippen LogP contribution is 2.20. The molecule has 24 heavy (non-hydrogen) atoms. The number of nitro groups is 1. The Morgan fingerprint density at radius 2 is 1.62 bits per heavy atom. The summed E-state index contributed by atoms with van der Waals surface area (Å²) in [4.78, 5) is 22.5. The van der Waals surface area contributed by atoms with Crippen LogP contribution in [-0.2, 0) is 6.54 Å². The highest BCUT2D eigenvalue weighted by molar-refractivity contribution is 5.59. The first-order chi connectivity index (χ1) is 11.5. The second-order valence-corrected chi connectivity index (χ2v) is 5.27. The van der Waals surface area contributed by atoms with Gasteiger partial charge < -0.3 is 4.57 Å². The van der Waals surface area contributed by atoms with Crippen LogP contribution >= 0.6 is 0 Å². The molecule has 0 spiro atoms. The lowest BCUT2D eigenvalue weighted by Crippen LogP contribution is -2.21. The average Bonchev–Trinajstić information content (AvgIpc) is 2.58. The van der Waals surface area contributed by atoms with Crippen LogP contribution in [0.1, 0.15) is 5.56 Å². The Hall–Kier alpha value is -3.28. The molecule has 1 aromatic heterocycles. The van der Waals surface area contributed by atoms with E-state index in [9.17, 15) is 19.3 Å². The van der Waals surface area contributed by atoms with Crippen LogP contribution in [0.5, 0.6) is 0 Å². The molecule has 0 radical (unpaired) electrons. The Morgan fingerprint density at radius 1 is 0.958 bits per heavy atom. The number of rotatable bonds is 4. The minimum absolute atomic E-state index is 0.00193. The van der Waals surface area contributed by atoms with Crippen LogP contribution in [0, 0.1) is 15.9 Å². The van der Waals surface area contributed by atoms with Crippen molar-refractivity contribution in [3.63, 3.8) is 0 Å². The van der Waals surface area contributed by atoms with E-state index in [2.05, 4.69) is 0 Å². The number of hydrogen-bond acceptors (Lipinski definition) is 3. The zero-order valence-corrected chi connectivity index (χ0v) is 12.6. The molecule has 0 bridgehead atoms. The number of benzene rings is 2. The SMILES string of the molecule is O=c1cccc(-c2ccc(F)cc2)n1Cc1ccc([N+](=O)[O-])cc1. The molecule has 0 unspecified atom stereocenters. The minimum Gasteiger partial charge on any atom is -0.304 e. The summed E-state index contributed by atoms with van der Waals surface area (Å²) in [5, 5.41) is 10.7. The molecule has 3 rings (SSSR count). The van der Waals surface area contributed by atoms with Crippen molar-refractivity contribution in [3.05, 3.63) is 98.6 Å². The van der Waals surface area contributed by atoms with E-state index in [-0.39, 0.29) is 23.6 Å². The Labute approximate surface area is 136 Å². The van der Waals surface area contributed by atoms with E-state index in [4.69, 9.17) is 0 Å². The Kier molecular flexibility index (Phi) is 4.20. The van der Waals surface area contributed by atoms with E-state index < -0.39 is 4.92 Å². The van der Waals surface area contributed by atoms with Crippen molar-refractivity contribution in [1.82, 2.24) is 4.57 Å². The number of nitrogens with zero attached hydrogens (tertiary/aromatic N) is 2. The van der Waals surface area contributed by atoms with Gasteiger partial charge in [-0.2, -0.15) is 0 Å². The van der Waals surface area contributed by atoms with Crippen molar-refractivity contribution in [2.45, 2.75) is 6.54 Å². The van der Waals surface area contributed by atoms with Crippen LogP contribution in [0.2, 0.25) is 0 Å². The summed E-state index contributed by atoms with van der Waals surface area (Å²) in [7, 11) is 0. The fourth-order valence-electron chi connectivity index (χ4n) is 2.46. The predicted octanol–water partition coefficient (Wildman–Crippen LogP) is 3.61. The monoisotopic (exact) mass is 324 g/mol. The van der Waals surface area contributed by atoms with Crippen molar-refractivity contribution in [3.8, 4) is 11.3 Å². The molecule has 0 N–H and O–H groups in total. The maximum Gasteiger partial charge on any atom is 0.269 e. The molecule has 0 aliphatic carbocycles.